The van der Waals surface area contributed by atoms with Gasteiger partial charge in [-0.05, 0) is 74.9 Å². The Labute approximate surface area is 249 Å². The lowest BCUT2D eigenvalue weighted by Gasteiger charge is -2.35. The maximum absolute atomic E-state index is 14.7. The van der Waals surface area contributed by atoms with Gasteiger partial charge in [-0.25, -0.2) is 24.1 Å². The Morgan fingerprint density at radius 2 is 1.63 bits per heavy atom. The van der Waals surface area contributed by atoms with Crippen LogP contribution in [-0.4, -0.2) is 67.2 Å². The van der Waals surface area contributed by atoms with Crippen LogP contribution in [-0.2, 0) is 11.3 Å². The summed E-state index contributed by atoms with van der Waals surface area (Å²) in [6.07, 6.45) is 1.38. The molecule has 1 amide bonds. The minimum Gasteiger partial charge on any atom is -0.444 e. The molecule has 1 aliphatic rings. The molecule has 2 aromatic carbocycles. The van der Waals surface area contributed by atoms with Crippen molar-refractivity contribution < 1.29 is 13.9 Å². The molecule has 0 radical (unpaired) electrons. The zero-order chi connectivity index (χ0) is 30.1. The van der Waals surface area contributed by atoms with Gasteiger partial charge in [-0.2, -0.15) is 0 Å². The highest BCUT2D eigenvalue weighted by atomic mass is 19.1. The number of nitrogens with two attached hydrogens (primary N) is 1. The first-order chi connectivity index (χ1) is 20.7. The van der Waals surface area contributed by atoms with Crippen molar-refractivity contribution in [2.75, 3.05) is 31.9 Å². The van der Waals surface area contributed by atoms with E-state index in [1.54, 1.807) is 35.4 Å². The summed E-state index contributed by atoms with van der Waals surface area (Å²) >= 11 is 0. The zero-order valence-corrected chi connectivity index (χ0v) is 24.5. The number of amides is 1. The number of halogens is 1. The fourth-order valence-electron chi connectivity index (χ4n) is 5.23. The van der Waals surface area contributed by atoms with Gasteiger partial charge < -0.3 is 15.4 Å². The third-order valence-corrected chi connectivity index (χ3v) is 7.36. The Morgan fingerprint density at radius 1 is 0.907 bits per heavy atom. The second-order valence-electron chi connectivity index (χ2n) is 11.6. The lowest BCUT2D eigenvalue weighted by Crippen LogP contribution is -2.49. The highest BCUT2D eigenvalue weighted by molar-refractivity contribution is 5.84. The summed E-state index contributed by atoms with van der Waals surface area (Å²) in [7, 11) is 0. The summed E-state index contributed by atoms with van der Waals surface area (Å²) in [4.78, 5) is 30.5. The zero-order valence-electron chi connectivity index (χ0n) is 24.5. The van der Waals surface area contributed by atoms with Gasteiger partial charge in [-0.15, -0.1) is 0 Å². The van der Waals surface area contributed by atoms with Crippen molar-refractivity contribution in [3.8, 4) is 28.3 Å². The van der Waals surface area contributed by atoms with Crippen LogP contribution in [0.4, 0.5) is 15.0 Å². The molecule has 1 aliphatic heterocycles. The molecule has 1 saturated heterocycles. The molecule has 4 heterocycles. The number of aromatic nitrogens is 4. The number of ether oxygens (including phenoxy) is 1. The Bertz CT molecular complexity index is 1770. The largest absolute Gasteiger partial charge is 0.444 e. The van der Waals surface area contributed by atoms with Gasteiger partial charge >= 0.3 is 6.09 Å². The van der Waals surface area contributed by atoms with E-state index in [0.717, 1.165) is 30.9 Å². The van der Waals surface area contributed by atoms with Crippen LogP contribution in [0.5, 0.6) is 0 Å². The van der Waals surface area contributed by atoms with E-state index in [2.05, 4.69) is 22.0 Å². The Hall–Kier alpha value is -4.83. The smallest absolute Gasteiger partial charge is 0.410 e. The van der Waals surface area contributed by atoms with Gasteiger partial charge in [0.05, 0.1) is 11.3 Å². The standard InChI is InChI=1S/C33H34FN7O2/c1-33(2,3)43-32(42)40-19-17-39(18-20-40)21-22-10-12-23(13-11-22)41-30(25-8-6-16-36-29(25)35)38-28-15-14-27(37-31(28)41)24-7-4-5-9-26(24)34/h4-16H,17-21H2,1-3H3,(H2,35,36). The van der Waals surface area contributed by atoms with Crippen molar-refractivity contribution in [2.24, 2.45) is 0 Å². The Morgan fingerprint density at radius 3 is 2.33 bits per heavy atom. The number of benzene rings is 2. The molecule has 1 fully saturated rings. The second kappa shape index (κ2) is 11.4. The fraction of sp³-hybridized carbons (Fsp3) is 0.273. The number of pyridine rings is 2. The van der Waals surface area contributed by atoms with E-state index in [1.165, 1.54) is 6.07 Å². The molecule has 3 aromatic heterocycles. The number of hydrogen-bond acceptors (Lipinski definition) is 7. The molecular weight excluding hydrogens is 545 g/mol. The number of nitrogen functional groups attached to an aromatic ring is 1. The molecule has 43 heavy (non-hydrogen) atoms. The summed E-state index contributed by atoms with van der Waals surface area (Å²) in [5, 5.41) is 0. The van der Waals surface area contributed by atoms with Crippen molar-refractivity contribution in [3.63, 3.8) is 0 Å². The molecule has 6 rings (SSSR count). The monoisotopic (exact) mass is 579 g/mol. The number of carbonyl (C=O) groups is 1. The number of hydrogen-bond donors (Lipinski definition) is 1. The molecule has 0 spiro atoms. The summed E-state index contributed by atoms with van der Waals surface area (Å²) in [5.74, 6) is 0.619. The molecule has 0 aliphatic carbocycles. The predicted molar refractivity (Wildman–Crippen MR) is 165 cm³/mol. The summed E-state index contributed by atoms with van der Waals surface area (Å²) in [5.41, 5.74) is 10.6. The van der Waals surface area contributed by atoms with Crippen LogP contribution in [0.3, 0.4) is 0 Å². The normalized spacial score (nSPS) is 14.3. The molecule has 10 heteroatoms. The van der Waals surface area contributed by atoms with Gasteiger partial charge in [0, 0.05) is 50.2 Å². The summed E-state index contributed by atoms with van der Waals surface area (Å²) in [6, 6.07) is 22.1. The van der Waals surface area contributed by atoms with Crippen molar-refractivity contribution >= 4 is 23.1 Å². The average Bonchev–Trinajstić information content (AvgIpc) is 3.36. The van der Waals surface area contributed by atoms with Crippen LogP contribution < -0.4 is 5.73 Å². The van der Waals surface area contributed by atoms with E-state index in [0.29, 0.717) is 52.7 Å². The maximum Gasteiger partial charge on any atom is 0.410 e. The van der Waals surface area contributed by atoms with Gasteiger partial charge in [-0.3, -0.25) is 9.47 Å². The maximum atomic E-state index is 14.7. The number of rotatable bonds is 5. The second-order valence-corrected chi connectivity index (χ2v) is 11.6. The number of piperazine rings is 1. The first-order valence-electron chi connectivity index (χ1n) is 14.3. The predicted octanol–water partition coefficient (Wildman–Crippen LogP) is 5.92. The molecule has 9 nitrogen and oxygen atoms in total. The molecule has 220 valence electrons. The van der Waals surface area contributed by atoms with Crippen molar-refractivity contribution in [1.29, 1.82) is 0 Å². The van der Waals surface area contributed by atoms with Crippen LogP contribution in [0.1, 0.15) is 26.3 Å². The highest BCUT2D eigenvalue weighted by Gasteiger charge is 2.26. The quantitative estimate of drug-likeness (QED) is 0.276. The SMILES string of the molecule is CC(C)(C)OC(=O)N1CCN(Cc2ccc(-n3c(-c4cccnc4N)nc4ccc(-c5ccccc5F)nc43)cc2)CC1. The van der Waals surface area contributed by atoms with Gasteiger partial charge in [0.15, 0.2) is 11.5 Å². The average molecular weight is 580 g/mol. The van der Waals surface area contributed by atoms with Gasteiger partial charge in [0.2, 0.25) is 0 Å². The minimum atomic E-state index is -0.506. The van der Waals surface area contributed by atoms with Crippen LogP contribution in [0, 0.1) is 5.82 Å². The molecule has 2 N–H and O–H groups in total. The number of nitrogens with zero attached hydrogens (tertiary/aromatic N) is 6. The lowest BCUT2D eigenvalue weighted by molar-refractivity contribution is 0.0139. The van der Waals surface area contributed by atoms with Crippen LogP contribution >= 0.6 is 0 Å². The molecule has 5 aromatic rings. The van der Waals surface area contributed by atoms with E-state index >= 15 is 0 Å². The number of anilines is 1. The molecule has 0 saturated carbocycles. The van der Waals surface area contributed by atoms with Crippen LogP contribution in [0.25, 0.3) is 39.5 Å². The van der Waals surface area contributed by atoms with E-state index in [9.17, 15) is 9.18 Å². The lowest BCUT2D eigenvalue weighted by atomic mass is 10.1. The fourth-order valence-corrected chi connectivity index (χ4v) is 5.23. The van der Waals surface area contributed by atoms with Gasteiger partial charge in [-0.1, -0.05) is 24.3 Å². The first-order valence-corrected chi connectivity index (χ1v) is 14.3. The van der Waals surface area contributed by atoms with Crippen molar-refractivity contribution in [2.45, 2.75) is 32.9 Å². The van der Waals surface area contributed by atoms with E-state index in [4.69, 9.17) is 20.4 Å². The number of imidazole rings is 1. The number of fused-ring (bicyclic) bond motifs is 1. The Balaban J connectivity index is 1.29. The third kappa shape index (κ3) is 6.05. The Kier molecular flexibility index (Phi) is 7.53. The van der Waals surface area contributed by atoms with E-state index in [1.807, 2.05) is 55.7 Å². The molecular formula is C33H34FN7O2. The van der Waals surface area contributed by atoms with E-state index < -0.39 is 5.60 Å². The highest BCUT2D eigenvalue weighted by Crippen LogP contribution is 2.32. The van der Waals surface area contributed by atoms with Crippen LogP contribution in [0.2, 0.25) is 0 Å². The third-order valence-electron chi connectivity index (χ3n) is 7.36. The topological polar surface area (TPSA) is 102 Å². The summed E-state index contributed by atoms with van der Waals surface area (Å²) < 4.78 is 22.1. The minimum absolute atomic E-state index is 0.263. The molecule has 0 atom stereocenters. The van der Waals surface area contributed by atoms with Gasteiger partial charge in [0.25, 0.3) is 0 Å². The van der Waals surface area contributed by atoms with Crippen LogP contribution in [0.15, 0.2) is 79.0 Å². The number of carbonyl (C=O) groups excluding carboxylic acids is 1. The molecule has 0 unspecified atom stereocenters. The van der Waals surface area contributed by atoms with Crippen molar-refractivity contribution in [3.05, 3.63) is 90.4 Å². The molecule has 0 bridgehead atoms. The van der Waals surface area contributed by atoms with E-state index in [-0.39, 0.29) is 11.9 Å². The summed E-state index contributed by atoms with van der Waals surface area (Å²) in [6.45, 7) is 9.17. The van der Waals surface area contributed by atoms with Crippen molar-refractivity contribution in [1.82, 2.24) is 29.3 Å². The first kappa shape index (κ1) is 28.3. The van der Waals surface area contributed by atoms with Gasteiger partial charge in [0.1, 0.15) is 22.8 Å².